The Balaban J connectivity index is 2.20. The molecule has 0 spiro atoms. The van der Waals surface area contributed by atoms with Gasteiger partial charge in [-0.25, -0.2) is 4.98 Å². The third-order valence-electron chi connectivity index (χ3n) is 3.12. The van der Waals surface area contributed by atoms with Gasteiger partial charge in [0.1, 0.15) is 0 Å². The van der Waals surface area contributed by atoms with E-state index in [9.17, 15) is 4.79 Å². The second kappa shape index (κ2) is 4.94. The quantitative estimate of drug-likeness (QED) is 0.524. The van der Waals surface area contributed by atoms with Crippen molar-refractivity contribution in [1.29, 1.82) is 0 Å². The summed E-state index contributed by atoms with van der Waals surface area (Å²) in [5, 5.41) is 0.756. The van der Waals surface area contributed by atoms with Crippen LogP contribution >= 0.6 is 0 Å². The molecule has 0 amide bonds. The lowest BCUT2D eigenvalue weighted by molar-refractivity contribution is 0.112. The summed E-state index contributed by atoms with van der Waals surface area (Å²) in [6, 6.07) is 11.1. The van der Waals surface area contributed by atoms with Gasteiger partial charge in [0, 0.05) is 34.5 Å². The Hall–Kier alpha value is -2.99. The summed E-state index contributed by atoms with van der Waals surface area (Å²) < 4.78 is 0. The number of nitrogens with zero attached hydrogens (tertiary/aromatic N) is 2. The van der Waals surface area contributed by atoms with Crippen LogP contribution in [0.3, 0.4) is 0 Å². The molecule has 0 aliphatic carbocycles. The molecule has 0 N–H and O–H groups in total. The highest BCUT2D eigenvalue weighted by Crippen LogP contribution is 2.23. The van der Waals surface area contributed by atoms with Crippen LogP contribution in [0, 0.1) is 12.3 Å². The summed E-state index contributed by atoms with van der Waals surface area (Å²) in [5.74, 6) is 2.57. The predicted molar refractivity (Wildman–Crippen MR) is 78.3 cm³/mol. The molecule has 0 saturated heterocycles. The molecule has 1 aromatic carbocycles. The Kier molecular flexibility index (Phi) is 2.98. The summed E-state index contributed by atoms with van der Waals surface area (Å²) in [6.45, 7) is 0. The molecule has 0 saturated carbocycles. The average molecular weight is 258 g/mol. The number of benzene rings is 1. The maximum atomic E-state index is 11.2. The van der Waals surface area contributed by atoms with Crippen molar-refractivity contribution in [2.24, 2.45) is 0 Å². The highest BCUT2D eigenvalue weighted by molar-refractivity contribution is 5.97. The fourth-order valence-corrected chi connectivity index (χ4v) is 2.08. The van der Waals surface area contributed by atoms with Crippen molar-refractivity contribution in [3.8, 4) is 23.6 Å². The van der Waals surface area contributed by atoms with Gasteiger partial charge in [-0.3, -0.25) is 9.78 Å². The predicted octanol–water partition coefficient (Wildman–Crippen LogP) is 3.09. The maximum absolute atomic E-state index is 11.2. The van der Waals surface area contributed by atoms with E-state index >= 15 is 0 Å². The molecular weight excluding hydrogens is 248 g/mol. The number of aromatic nitrogens is 2. The van der Waals surface area contributed by atoms with Crippen molar-refractivity contribution >= 4 is 17.2 Å². The largest absolute Gasteiger partial charge is 0.298 e. The molecule has 0 fully saturated rings. The molecule has 3 aromatic rings. The summed E-state index contributed by atoms with van der Waals surface area (Å²) in [4.78, 5) is 19.8. The second-order valence-electron chi connectivity index (χ2n) is 4.33. The normalized spacial score (nSPS) is 10.2. The van der Waals surface area contributed by atoms with Gasteiger partial charge in [-0.15, -0.1) is 6.42 Å². The van der Waals surface area contributed by atoms with Crippen LogP contribution in [0.25, 0.3) is 22.2 Å². The monoisotopic (exact) mass is 258 g/mol. The van der Waals surface area contributed by atoms with Crippen LogP contribution in [-0.4, -0.2) is 16.3 Å². The van der Waals surface area contributed by atoms with Crippen molar-refractivity contribution < 1.29 is 4.79 Å². The van der Waals surface area contributed by atoms with E-state index in [1.807, 2.05) is 24.3 Å². The third-order valence-corrected chi connectivity index (χ3v) is 3.12. The first-order chi connectivity index (χ1) is 9.81. The molecule has 20 heavy (non-hydrogen) atoms. The minimum atomic E-state index is 0.583. The minimum absolute atomic E-state index is 0.583. The van der Waals surface area contributed by atoms with Crippen LogP contribution < -0.4 is 0 Å². The standard InChI is InChI=1S/C17H10N2O/c1-2-12-3-5-13(6-4-12)17-9-14(11-20)15-10-18-8-7-16(15)19-17/h1,3-11H. The van der Waals surface area contributed by atoms with Gasteiger partial charge in [0.25, 0.3) is 0 Å². The molecule has 3 nitrogen and oxygen atoms in total. The highest BCUT2D eigenvalue weighted by Gasteiger charge is 2.07. The number of carbonyl (C=O) groups is 1. The van der Waals surface area contributed by atoms with Gasteiger partial charge in [-0.2, -0.15) is 0 Å². The zero-order valence-electron chi connectivity index (χ0n) is 10.6. The molecule has 2 heterocycles. The van der Waals surface area contributed by atoms with E-state index in [4.69, 9.17) is 6.42 Å². The fraction of sp³-hybridized carbons (Fsp3) is 0. The molecule has 0 aliphatic heterocycles. The number of terminal acetylenes is 1. The van der Waals surface area contributed by atoms with Gasteiger partial charge < -0.3 is 0 Å². The second-order valence-corrected chi connectivity index (χ2v) is 4.33. The van der Waals surface area contributed by atoms with Crippen LogP contribution in [0.4, 0.5) is 0 Å². The Morgan fingerprint density at radius 2 is 1.95 bits per heavy atom. The smallest absolute Gasteiger partial charge is 0.150 e. The number of hydrogen-bond donors (Lipinski definition) is 0. The topological polar surface area (TPSA) is 42.9 Å². The van der Waals surface area contributed by atoms with Crippen molar-refractivity contribution in [3.05, 3.63) is 59.9 Å². The fourth-order valence-electron chi connectivity index (χ4n) is 2.08. The number of hydrogen-bond acceptors (Lipinski definition) is 3. The lowest BCUT2D eigenvalue weighted by atomic mass is 10.0. The Labute approximate surface area is 116 Å². The molecule has 3 rings (SSSR count). The Bertz CT molecular complexity index is 830. The van der Waals surface area contributed by atoms with E-state index in [1.165, 1.54) is 0 Å². The minimum Gasteiger partial charge on any atom is -0.298 e. The van der Waals surface area contributed by atoms with E-state index < -0.39 is 0 Å². The first-order valence-electron chi connectivity index (χ1n) is 6.09. The van der Waals surface area contributed by atoms with Crippen LogP contribution in [0.15, 0.2) is 48.8 Å². The van der Waals surface area contributed by atoms with Crippen LogP contribution in [0.2, 0.25) is 0 Å². The lowest BCUT2D eigenvalue weighted by Crippen LogP contribution is -1.92. The van der Waals surface area contributed by atoms with E-state index in [0.717, 1.165) is 34.0 Å². The van der Waals surface area contributed by atoms with Crippen LogP contribution in [-0.2, 0) is 0 Å². The third kappa shape index (κ3) is 2.04. The number of rotatable bonds is 2. The number of fused-ring (bicyclic) bond motifs is 1. The van der Waals surface area contributed by atoms with Gasteiger partial charge in [0.05, 0.1) is 11.2 Å². The van der Waals surface area contributed by atoms with Crippen LogP contribution in [0.1, 0.15) is 15.9 Å². The van der Waals surface area contributed by atoms with Crippen LogP contribution in [0.5, 0.6) is 0 Å². The zero-order valence-corrected chi connectivity index (χ0v) is 10.6. The van der Waals surface area contributed by atoms with E-state index in [-0.39, 0.29) is 0 Å². The molecule has 0 bridgehead atoms. The summed E-state index contributed by atoms with van der Waals surface area (Å²) in [6.07, 6.45) is 9.48. The first kappa shape index (κ1) is 12.1. The molecular formula is C17H10N2O. The molecule has 0 aliphatic rings. The number of pyridine rings is 2. The van der Waals surface area contributed by atoms with Gasteiger partial charge in [0.2, 0.25) is 0 Å². The zero-order chi connectivity index (χ0) is 13.9. The first-order valence-corrected chi connectivity index (χ1v) is 6.09. The lowest BCUT2D eigenvalue weighted by Gasteiger charge is -2.05. The molecule has 0 atom stereocenters. The molecule has 0 radical (unpaired) electrons. The highest BCUT2D eigenvalue weighted by atomic mass is 16.1. The van der Waals surface area contributed by atoms with Gasteiger partial charge >= 0.3 is 0 Å². The number of aldehydes is 1. The van der Waals surface area contributed by atoms with Crippen molar-refractivity contribution in [2.45, 2.75) is 0 Å². The van der Waals surface area contributed by atoms with Gasteiger partial charge in [-0.1, -0.05) is 18.1 Å². The van der Waals surface area contributed by atoms with Gasteiger partial charge in [0.15, 0.2) is 6.29 Å². The van der Waals surface area contributed by atoms with Crippen molar-refractivity contribution in [3.63, 3.8) is 0 Å². The van der Waals surface area contributed by atoms with Crippen molar-refractivity contribution in [1.82, 2.24) is 9.97 Å². The Morgan fingerprint density at radius 1 is 1.15 bits per heavy atom. The summed E-state index contributed by atoms with van der Waals surface area (Å²) in [5.41, 5.74) is 3.81. The van der Waals surface area contributed by atoms with Crippen molar-refractivity contribution in [2.75, 3.05) is 0 Å². The molecule has 0 unspecified atom stereocenters. The Morgan fingerprint density at radius 3 is 2.65 bits per heavy atom. The maximum Gasteiger partial charge on any atom is 0.150 e. The summed E-state index contributed by atoms with van der Waals surface area (Å²) in [7, 11) is 0. The molecule has 3 heteroatoms. The van der Waals surface area contributed by atoms with Gasteiger partial charge in [-0.05, 0) is 24.3 Å². The van der Waals surface area contributed by atoms with E-state index in [2.05, 4.69) is 15.9 Å². The summed E-state index contributed by atoms with van der Waals surface area (Å²) >= 11 is 0. The molecule has 2 aromatic heterocycles. The molecule has 94 valence electrons. The average Bonchev–Trinajstić information content (AvgIpc) is 2.54. The van der Waals surface area contributed by atoms with E-state index in [1.54, 1.807) is 24.5 Å². The number of carbonyl (C=O) groups excluding carboxylic acids is 1. The SMILES string of the molecule is C#Cc1ccc(-c2cc(C=O)c3cnccc3n2)cc1. The van der Waals surface area contributed by atoms with E-state index in [0.29, 0.717) is 5.56 Å².